The van der Waals surface area contributed by atoms with Crippen LogP contribution in [-0.4, -0.2) is 40.0 Å². The third-order valence-corrected chi connectivity index (χ3v) is 10.3. The third-order valence-electron chi connectivity index (χ3n) is 7.12. The number of benzene rings is 1. The van der Waals surface area contributed by atoms with Gasteiger partial charge in [0, 0.05) is 48.7 Å². The molecule has 0 radical (unpaired) electrons. The molecule has 1 aliphatic heterocycles. The minimum absolute atomic E-state index is 0.00293. The highest BCUT2D eigenvalue weighted by atomic mass is 127. The van der Waals surface area contributed by atoms with Crippen LogP contribution in [0.1, 0.15) is 56.3 Å². The molecule has 0 unspecified atom stereocenters. The van der Waals surface area contributed by atoms with Gasteiger partial charge in [0.15, 0.2) is 0 Å². The fourth-order valence-electron chi connectivity index (χ4n) is 5.06. The molecule has 1 fully saturated rings. The Bertz CT molecular complexity index is 1260. The minimum atomic E-state index is -1.49. The maximum Gasteiger partial charge on any atom is 0.268 e. The van der Waals surface area contributed by atoms with E-state index in [4.69, 9.17) is 0 Å². The first kappa shape index (κ1) is 27.7. The quantitative estimate of drug-likeness (QED) is 0.232. The summed E-state index contributed by atoms with van der Waals surface area (Å²) in [7, 11) is 0.308. The molecule has 0 saturated carbocycles. The van der Waals surface area contributed by atoms with E-state index in [9.17, 15) is 9.35 Å². The number of nitrogens with zero attached hydrogens (tertiary/aromatic N) is 3. The maximum atomic E-state index is 13.3. The lowest BCUT2D eigenvalue weighted by molar-refractivity contribution is 0.175. The molecule has 0 bridgehead atoms. The molecular formula is C27H37IN4O2SSi. The van der Waals surface area contributed by atoms with Crippen molar-refractivity contribution >= 4 is 48.0 Å². The summed E-state index contributed by atoms with van der Waals surface area (Å²) in [4.78, 5) is 19.3. The van der Waals surface area contributed by atoms with Crippen molar-refractivity contribution < 1.29 is 4.55 Å². The van der Waals surface area contributed by atoms with Crippen LogP contribution in [-0.2, 0) is 24.8 Å². The van der Waals surface area contributed by atoms with Gasteiger partial charge in [-0.15, -0.1) is 10.3 Å². The van der Waals surface area contributed by atoms with Crippen LogP contribution in [0.5, 0.6) is 0 Å². The summed E-state index contributed by atoms with van der Waals surface area (Å²) in [5.74, 6) is 4.13. The van der Waals surface area contributed by atoms with Gasteiger partial charge >= 0.3 is 0 Å². The van der Waals surface area contributed by atoms with Gasteiger partial charge in [0.1, 0.15) is 12.8 Å². The van der Waals surface area contributed by atoms with E-state index in [0.29, 0.717) is 3.57 Å². The second-order valence-electron chi connectivity index (χ2n) is 12.1. The summed E-state index contributed by atoms with van der Waals surface area (Å²) in [5.41, 5.74) is 7.04. The molecule has 1 aliphatic carbocycles. The fraction of sp³-hybridized carbons (Fsp3) is 0.556. The molecule has 1 saturated heterocycles. The van der Waals surface area contributed by atoms with Gasteiger partial charge in [-0.2, -0.15) is 0 Å². The highest BCUT2D eigenvalue weighted by Gasteiger charge is 2.50. The summed E-state index contributed by atoms with van der Waals surface area (Å²) in [6, 6.07) is 6.59. The van der Waals surface area contributed by atoms with E-state index in [-0.39, 0.29) is 21.8 Å². The summed E-state index contributed by atoms with van der Waals surface area (Å²) in [6.07, 6.45) is 4.47. The van der Waals surface area contributed by atoms with Gasteiger partial charge in [0.25, 0.3) is 5.56 Å². The molecule has 1 spiro atoms. The molecule has 2 aromatic rings. The number of hydrogen-bond acceptors (Lipinski definition) is 5. The van der Waals surface area contributed by atoms with Gasteiger partial charge in [-0.25, -0.2) is 4.98 Å². The van der Waals surface area contributed by atoms with Gasteiger partial charge in [0.2, 0.25) is 5.95 Å². The molecule has 2 atom stereocenters. The van der Waals surface area contributed by atoms with E-state index in [0.717, 1.165) is 43.9 Å². The second-order valence-corrected chi connectivity index (χ2v) is 20.1. The number of fused-ring (bicyclic) bond motifs is 1. The summed E-state index contributed by atoms with van der Waals surface area (Å²) >= 11 is 0.845. The average molecular weight is 637 g/mol. The molecular weight excluding hydrogens is 599 g/mol. The molecule has 9 heteroatoms. The lowest BCUT2D eigenvalue weighted by atomic mass is 9.73. The van der Waals surface area contributed by atoms with Crippen LogP contribution >= 0.6 is 22.6 Å². The lowest BCUT2D eigenvalue weighted by Gasteiger charge is -2.44. The second kappa shape index (κ2) is 10.1. The van der Waals surface area contributed by atoms with E-state index < -0.39 is 19.4 Å². The van der Waals surface area contributed by atoms with Crippen molar-refractivity contribution in [3.05, 3.63) is 55.0 Å². The van der Waals surface area contributed by atoms with Crippen LogP contribution in [0.3, 0.4) is 0 Å². The number of rotatable bonds is 3. The monoisotopic (exact) mass is 636 g/mol. The largest absolute Gasteiger partial charge is 0.598 e. The Morgan fingerprint density at radius 2 is 1.92 bits per heavy atom. The SMILES string of the molecule is Cn1c(N2CCC3(CC2)Cc2ccc(C#C[Si](C)(C)C)cc2[C@H]3N[S@+]([O-])C(C)(C)C)ncc(I)c1=O. The number of hydrogen-bond donors (Lipinski definition) is 1. The lowest BCUT2D eigenvalue weighted by Crippen LogP contribution is -2.50. The molecule has 6 nitrogen and oxygen atoms in total. The van der Waals surface area contributed by atoms with E-state index in [2.05, 4.69) is 63.9 Å². The Morgan fingerprint density at radius 3 is 2.53 bits per heavy atom. The first-order valence-corrected chi connectivity index (χ1v) is 18.2. The van der Waals surface area contributed by atoms with Crippen molar-refractivity contribution in [2.45, 2.75) is 70.5 Å². The Labute approximate surface area is 233 Å². The predicted molar refractivity (Wildman–Crippen MR) is 160 cm³/mol. The number of anilines is 1. The topological polar surface area (TPSA) is 73.2 Å². The molecule has 2 heterocycles. The molecule has 4 rings (SSSR count). The van der Waals surface area contributed by atoms with Gasteiger partial charge in [-0.05, 0) is 85.9 Å². The Morgan fingerprint density at radius 1 is 1.25 bits per heavy atom. The Kier molecular flexibility index (Phi) is 7.77. The van der Waals surface area contributed by atoms with E-state index >= 15 is 0 Å². The van der Waals surface area contributed by atoms with Crippen LogP contribution in [0.25, 0.3) is 0 Å². The van der Waals surface area contributed by atoms with Gasteiger partial charge in [0.05, 0.1) is 9.61 Å². The van der Waals surface area contributed by atoms with Gasteiger partial charge in [-0.3, -0.25) is 9.36 Å². The normalized spacial score (nSPS) is 20.1. The van der Waals surface area contributed by atoms with Crippen LogP contribution in [0, 0.1) is 20.4 Å². The predicted octanol–water partition coefficient (Wildman–Crippen LogP) is 4.55. The maximum absolute atomic E-state index is 13.3. The van der Waals surface area contributed by atoms with Crippen molar-refractivity contribution in [1.82, 2.24) is 14.3 Å². The smallest absolute Gasteiger partial charge is 0.268 e. The van der Waals surface area contributed by atoms with Crippen molar-refractivity contribution in [3.63, 3.8) is 0 Å². The zero-order chi connectivity index (χ0) is 26.5. The Hall–Kier alpha value is -1.32. The number of piperidine rings is 1. The molecule has 1 aromatic carbocycles. The summed E-state index contributed by atoms with van der Waals surface area (Å²) in [6.45, 7) is 14.4. The minimum Gasteiger partial charge on any atom is -0.598 e. The van der Waals surface area contributed by atoms with Gasteiger partial charge < -0.3 is 9.45 Å². The fourth-order valence-corrected chi connectivity index (χ4v) is 7.03. The zero-order valence-corrected chi connectivity index (χ0v) is 26.3. The molecule has 0 amide bonds. The van der Waals surface area contributed by atoms with Crippen LogP contribution in [0.4, 0.5) is 5.95 Å². The van der Waals surface area contributed by atoms with E-state index in [1.807, 2.05) is 43.4 Å². The van der Waals surface area contributed by atoms with Crippen LogP contribution in [0.2, 0.25) is 19.6 Å². The van der Waals surface area contributed by atoms with Crippen molar-refractivity contribution in [2.24, 2.45) is 12.5 Å². The number of aromatic nitrogens is 2. The number of nitrogens with one attached hydrogen (secondary N) is 1. The van der Waals surface area contributed by atoms with Crippen molar-refractivity contribution in [3.8, 4) is 11.5 Å². The van der Waals surface area contributed by atoms with Crippen molar-refractivity contribution in [1.29, 1.82) is 0 Å². The average Bonchev–Trinajstić information content (AvgIpc) is 3.08. The highest BCUT2D eigenvalue weighted by molar-refractivity contribution is 14.1. The Balaban J connectivity index is 1.65. The highest BCUT2D eigenvalue weighted by Crippen LogP contribution is 2.53. The van der Waals surface area contributed by atoms with Crippen LogP contribution < -0.4 is 15.2 Å². The molecule has 1 aromatic heterocycles. The first-order valence-electron chi connectivity index (χ1n) is 12.5. The summed E-state index contributed by atoms with van der Waals surface area (Å²) < 4.78 is 18.8. The standard InChI is InChI=1S/C27H37IN4O2SSi/c1-26(2,3)35(34)30-23-21-16-19(10-15-36(5,6)7)8-9-20(21)17-27(23)11-13-32(14-12-27)25-29-18-22(28)24(33)31(25)4/h8-9,16,18,23,30H,11-14,17H2,1-7H3/t23-,35-/m1/s1. The molecule has 36 heavy (non-hydrogen) atoms. The summed E-state index contributed by atoms with van der Waals surface area (Å²) in [5, 5.41) is 0. The molecule has 194 valence electrons. The zero-order valence-electron chi connectivity index (χ0n) is 22.4. The first-order chi connectivity index (χ1) is 16.7. The molecule has 2 aliphatic rings. The molecule has 1 N–H and O–H groups in total. The third kappa shape index (κ3) is 5.73. The van der Waals surface area contributed by atoms with E-state index in [1.54, 1.807) is 17.8 Å². The van der Waals surface area contributed by atoms with Gasteiger partial charge in [-0.1, -0.05) is 31.6 Å². The van der Waals surface area contributed by atoms with Crippen molar-refractivity contribution in [2.75, 3.05) is 18.0 Å². The number of halogens is 1. The van der Waals surface area contributed by atoms with E-state index in [1.165, 1.54) is 11.1 Å². The van der Waals surface area contributed by atoms with Crippen LogP contribution in [0.15, 0.2) is 29.2 Å².